The molecule has 0 radical (unpaired) electrons. The van der Waals surface area contributed by atoms with E-state index in [0.29, 0.717) is 18.7 Å². The molecule has 0 aromatic heterocycles. The number of amides is 1. The lowest BCUT2D eigenvalue weighted by molar-refractivity contribution is -0.170. The lowest BCUT2D eigenvalue weighted by Crippen LogP contribution is -2.43. The van der Waals surface area contributed by atoms with E-state index in [4.69, 9.17) is 9.57 Å². The summed E-state index contributed by atoms with van der Waals surface area (Å²) < 4.78 is 44.0. The largest absolute Gasteiger partial charge is 0.488 e. The zero-order valence-corrected chi connectivity index (χ0v) is 15.5. The number of carbonyl (C=O) groups excluding carboxylic acids is 1. The normalized spacial score (nSPS) is 19.5. The number of hydrogen-bond acceptors (Lipinski definition) is 4. The number of rotatable bonds is 5. The second-order valence-electron chi connectivity index (χ2n) is 6.52. The van der Waals surface area contributed by atoms with Crippen molar-refractivity contribution >= 4 is 11.6 Å². The third kappa shape index (κ3) is 4.39. The number of alkyl halides is 3. The molecular formula is C20H21F3N2O3. The van der Waals surface area contributed by atoms with Crippen LogP contribution in [0.5, 0.6) is 5.75 Å². The number of benzene rings is 2. The van der Waals surface area contributed by atoms with Crippen LogP contribution >= 0.6 is 0 Å². The Labute approximate surface area is 161 Å². The SMILES string of the molecule is CON(C)C(=O)[C@@H]1C[C@@H](Oc2ccc(C(F)(F)F)cc2)CN1c1ccccc1. The summed E-state index contributed by atoms with van der Waals surface area (Å²) in [5.41, 5.74) is 0.135. The van der Waals surface area contributed by atoms with E-state index in [-0.39, 0.29) is 12.0 Å². The van der Waals surface area contributed by atoms with E-state index in [1.807, 2.05) is 35.2 Å². The fourth-order valence-corrected chi connectivity index (χ4v) is 3.24. The van der Waals surface area contributed by atoms with Crippen LogP contribution in [0, 0.1) is 0 Å². The average molecular weight is 394 g/mol. The van der Waals surface area contributed by atoms with Crippen molar-refractivity contribution in [2.75, 3.05) is 25.6 Å². The van der Waals surface area contributed by atoms with Gasteiger partial charge in [0.1, 0.15) is 17.9 Å². The summed E-state index contributed by atoms with van der Waals surface area (Å²) in [7, 11) is 2.95. The van der Waals surface area contributed by atoms with Crippen molar-refractivity contribution in [3.8, 4) is 5.75 Å². The number of halogens is 3. The van der Waals surface area contributed by atoms with Gasteiger partial charge in [0.2, 0.25) is 0 Å². The van der Waals surface area contributed by atoms with Crippen LogP contribution in [0.15, 0.2) is 54.6 Å². The average Bonchev–Trinajstić information content (AvgIpc) is 3.11. The first-order valence-electron chi connectivity index (χ1n) is 8.77. The fraction of sp³-hybridized carbons (Fsp3) is 0.350. The van der Waals surface area contributed by atoms with Crippen LogP contribution in [0.4, 0.5) is 18.9 Å². The van der Waals surface area contributed by atoms with Crippen LogP contribution in [0.2, 0.25) is 0 Å². The molecule has 8 heteroatoms. The first-order valence-corrected chi connectivity index (χ1v) is 8.77. The van der Waals surface area contributed by atoms with Crippen molar-refractivity contribution in [3.05, 3.63) is 60.2 Å². The zero-order chi connectivity index (χ0) is 20.3. The summed E-state index contributed by atoms with van der Waals surface area (Å²) in [6, 6.07) is 13.5. The molecule has 1 fully saturated rings. The summed E-state index contributed by atoms with van der Waals surface area (Å²) in [6.07, 6.45) is -4.35. The van der Waals surface area contributed by atoms with Crippen molar-refractivity contribution < 1.29 is 27.5 Å². The Hall–Kier alpha value is -2.74. The molecule has 5 nitrogen and oxygen atoms in total. The number of nitrogens with zero attached hydrogens (tertiary/aromatic N) is 2. The summed E-state index contributed by atoms with van der Waals surface area (Å²) in [5, 5.41) is 1.17. The summed E-state index contributed by atoms with van der Waals surface area (Å²) in [6.45, 7) is 0.430. The van der Waals surface area contributed by atoms with Crippen molar-refractivity contribution in [1.29, 1.82) is 0 Å². The molecule has 28 heavy (non-hydrogen) atoms. The number of hydroxylamine groups is 2. The molecule has 0 unspecified atom stereocenters. The van der Waals surface area contributed by atoms with Crippen LogP contribution in [-0.4, -0.2) is 43.8 Å². The molecule has 2 atom stereocenters. The Bertz CT molecular complexity index is 797. The molecule has 1 amide bonds. The predicted molar refractivity (Wildman–Crippen MR) is 97.8 cm³/mol. The molecule has 2 aromatic carbocycles. The van der Waals surface area contributed by atoms with E-state index in [0.717, 1.165) is 17.8 Å². The van der Waals surface area contributed by atoms with Crippen LogP contribution in [0.1, 0.15) is 12.0 Å². The Morgan fingerprint density at radius 2 is 1.75 bits per heavy atom. The molecule has 2 aromatic rings. The Morgan fingerprint density at radius 3 is 2.32 bits per heavy atom. The summed E-state index contributed by atoms with van der Waals surface area (Å²) >= 11 is 0. The van der Waals surface area contributed by atoms with Gasteiger partial charge in [-0.05, 0) is 36.4 Å². The minimum absolute atomic E-state index is 0.218. The second-order valence-corrected chi connectivity index (χ2v) is 6.52. The summed E-state index contributed by atoms with van der Waals surface area (Å²) in [5.74, 6) is 0.115. The first-order chi connectivity index (χ1) is 13.3. The van der Waals surface area contributed by atoms with E-state index in [1.54, 1.807) is 0 Å². The minimum atomic E-state index is -4.39. The molecule has 150 valence electrons. The highest BCUT2D eigenvalue weighted by atomic mass is 19.4. The number of anilines is 1. The lowest BCUT2D eigenvalue weighted by atomic mass is 10.1. The van der Waals surface area contributed by atoms with E-state index in [2.05, 4.69) is 0 Å². The zero-order valence-electron chi connectivity index (χ0n) is 15.5. The fourth-order valence-electron chi connectivity index (χ4n) is 3.24. The Morgan fingerprint density at radius 1 is 1.11 bits per heavy atom. The molecular weight excluding hydrogens is 373 g/mol. The van der Waals surface area contributed by atoms with Gasteiger partial charge in [-0.3, -0.25) is 9.63 Å². The molecule has 1 saturated heterocycles. The Kier molecular flexibility index (Phi) is 5.79. The predicted octanol–water partition coefficient (Wildman–Crippen LogP) is 3.75. The molecule has 3 rings (SSSR count). The maximum Gasteiger partial charge on any atom is 0.416 e. The van der Waals surface area contributed by atoms with Crippen LogP contribution in [0.25, 0.3) is 0 Å². The summed E-state index contributed by atoms with van der Waals surface area (Å²) in [4.78, 5) is 19.6. The van der Waals surface area contributed by atoms with Crippen LogP contribution in [0.3, 0.4) is 0 Å². The molecule has 0 N–H and O–H groups in total. The van der Waals surface area contributed by atoms with Crippen molar-refractivity contribution in [3.63, 3.8) is 0 Å². The van der Waals surface area contributed by atoms with E-state index in [9.17, 15) is 18.0 Å². The minimum Gasteiger partial charge on any atom is -0.488 e. The number of carbonyl (C=O) groups is 1. The van der Waals surface area contributed by atoms with Crippen molar-refractivity contribution in [1.82, 2.24) is 5.06 Å². The van der Waals surface area contributed by atoms with Gasteiger partial charge in [0.15, 0.2) is 0 Å². The van der Waals surface area contributed by atoms with Gasteiger partial charge >= 0.3 is 6.18 Å². The van der Waals surface area contributed by atoms with E-state index >= 15 is 0 Å². The lowest BCUT2D eigenvalue weighted by Gasteiger charge is -2.27. The standard InChI is InChI=1S/C20H21F3N2O3/c1-24(27-2)19(26)18-12-17(13-25(18)15-6-4-3-5-7-15)28-16-10-8-14(9-11-16)20(21,22)23/h3-11,17-18H,12-13H2,1-2H3/t17-,18+/m1/s1. The third-order valence-corrected chi connectivity index (χ3v) is 4.70. The van der Waals surface area contributed by atoms with Gasteiger partial charge < -0.3 is 9.64 Å². The highest BCUT2D eigenvalue weighted by Crippen LogP contribution is 2.32. The maximum atomic E-state index is 12.7. The molecule has 1 heterocycles. The maximum absolute atomic E-state index is 12.7. The van der Waals surface area contributed by atoms with Crippen LogP contribution in [-0.2, 0) is 15.8 Å². The number of ether oxygens (including phenoxy) is 1. The van der Waals surface area contributed by atoms with Gasteiger partial charge in [0.05, 0.1) is 19.2 Å². The topological polar surface area (TPSA) is 42.0 Å². The molecule has 0 saturated carbocycles. The molecule has 0 spiro atoms. The molecule has 0 aliphatic carbocycles. The van der Waals surface area contributed by atoms with Gasteiger partial charge in [-0.1, -0.05) is 18.2 Å². The monoisotopic (exact) mass is 394 g/mol. The molecule has 1 aliphatic heterocycles. The van der Waals surface area contributed by atoms with Crippen LogP contribution < -0.4 is 9.64 Å². The highest BCUT2D eigenvalue weighted by Gasteiger charge is 2.40. The van der Waals surface area contributed by atoms with Gasteiger partial charge in [-0.25, -0.2) is 5.06 Å². The van der Waals surface area contributed by atoms with E-state index in [1.165, 1.54) is 31.4 Å². The highest BCUT2D eigenvalue weighted by molar-refractivity contribution is 5.85. The number of likely N-dealkylation sites (N-methyl/N-ethyl adjacent to an activating group) is 1. The number of para-hydroxylation sites is 1. The molecule has 0 bridgehead atoms. The van der Waals surface area contributed by atoms with E-state index < -0.39 is 17.8 Å². The quantitative estimate of drug-likeness (QED) is 0.725. The van der Waals surface area contributed by atoms with Crippen molar-refractivity contribution in [2.45, 2.75) is 24.7 Å². The van der Waals surface area contributed by atoms with Gasteiger partial charge in [0, 0.05) is 19.2 Å². The second kappa shape index (κ2) is 8.10. The van der Waals surface area contributed by atoms with Gasteiger partial charge in [-0.2, -0.15) is 13.2 Å². The smallest absolute Gasteiger partial charge is 0.416 e. The molecule has 1 aliphatic rings. The van der Waals surface area contributed by atoms with Crippen molar-refractivity contribution in [2.24, 2.45) is 0 Å². The van der Waals surface area contributed by atoms with Gasteiger partial charge in [-0.15, -0.1) is 0 Å². The number of hydrogen-bond donors (Lipinski definition) is 0. The Balaban J connectivity index is 1.77. The third-order valence-electron chi connectivity index (χ3n) is 4.70. The first kappa shape index (κ1) is 20.0. The van der Waals surface area contributed by atoms with Gasteiger partial charge in [0.25, 0.3) is 5.91 Å².